The molecular formula is C16H21NO6. The Morgan fingerprint density at radius 3 is 2.61 bits per heavy atom. The molecule has 0 aromatic heterocycles. The summed E-state index contributed by atoms with van der Waals surface area (Å²) < 4.78 is 20.9. The van der Waals surface area contributed by atoms with Crippen molar-refractivity contribution in [2.45, 2.75) is 6.92 Å². The summed E-state index contributed by atoms with van der Waals surface area (Å²) >= 11 is 0. The summed E-state index contributed by atoms with van der Waals surface area (Å²) in [4.78, 5) is 25.5. The van der Waals surface area contributed by atoms with Crippen molar-refractivity contribution >= 4 is 11.9 Å². The number of carbonyl (C=O) groups excluding carboxylic acids is 2. The third kappa shape index (κ3) is 4.59. The molecule has 0 bridgehead atoms. The average molecular weight is 323 g/mol. The van der Waals surface area contributed by atoms with Gasteiger partial charge in [-0.05, 0) is 25.1 Å². The molecule has 1 aliphatic heterocycles. The van der Waals surface area contributed by atoms with Crippen molar-refractivity contribution in [1.29, 1.82) is 0 Å². The molecule has 1 amide bonds. The van der Waals surface area contributed by atoms with E-state index in [9.17, 15) is 9.59 Å². The quantitative estimate of drug-likeness (QED) is 0.730. The third-order valence-corrected chi connectivity index (χ3v) is 3.39. The highest BCUT2D eigenvalue weighted by Crippen LogP contribution is 2.28. The predicted octanol–water partition coefficient (Wildman–Crippen LogP) is 1.11. The van der Waals surface area contributed by atoms with Crippen LogP contribution in [0, 0.1) is 0 Å². The number of nitrogens with zero attached hydrogens (tertiary/aromatic N) is 1. The number of benzene rings is 1. The highest BCUT2D eigenvalue weighted by Gasteiger charge is 2.18. The number of methoxy groups -OCH3 is 1. The Balaban J connectivity index is 1.98. The zero-order chi connectivity index (χ0) is 16.7. The number of morpholine rings is 1. The number of esters is 1. The van der Waals surface area contributed by atoms with Crippen molar-refractivity contribution in [2.75, 3.05) is 46.6 Å². The van der Waals surface area contributed by atoms with Gasteiger partial charge in [-0.15, -0.1) is 0 Å². The Kier molecular flexibility index (Phi) is 6.22. The van der Waals surface area contributed by atoms with Crippen LogP contribution >= 0.6 is 0 Å². The lowest BCUT2D eigenvalue weighted by Gasteiger charge is -2.26. The lowest BCUT2D eigenvalue weighted by atomic mass is 10.2. The summed E-state index contributed by atoms with van der Waals surface area (Å²) in [6.45, 7) is 4.18. The van der Waals surface area contributed by atoms with Crippen LogP contribution in [-0.4, -0.2) is 63.4 Å². The molecule has 7 heteroatoms. The van der Waals surface area contributed by atoms with E-state index in [2.05, 4.69) is 0 Å². The number of hydrogen-bond donors (Lipinski definition) is 0. The molecule has 2 rings (SSSR count). The molecule has 7 nitrogen and oxygen atoms in total. The Hall–Kier alpha value is -2.28. The minimum atomic E-state index is -0.429. The van der Waals surface area contributed by atoms with Crippen LogP contribution in [0.2, 0.25) is 0 Å². The van der Waals surface area contributed by atoms with Gasteiger partial charge in [0.2, 0.25) is 0 Å². The fourth-order valence-electron chi connectivity index (χ4n) is 2.17. The first kappa shape index (κ1) is 17.1. The van der Waals surface area contributed by atoms with Gasteiger partial charge in [-0.2, -0.15) is 0 Å². The van der Waals surface area contributed by atoms with E-state index in [-0.39, 0.29) is 12.5 Å². The molecule has 0 radical (unpaired) electrons. The summed E-state index contributed by atoms with van der Waals surface area (Å²) in [6, 6.07) is 4.71. The zero-order valence-corrected chi connectivity index (χ0v) is 13.4. The van der Waals surface area contributed by atoms with Gasteiger partial charge in [-0.25, -0.2) is 4.79 Å². The number of amides is 1. The number of hydrogen-bond acceptors (Lipinski definition) is 6. The lowest BCUT2D eigenvalue weighted by Crippen LogP contribution is -2.43. The summed E-state index contributed by atoms with van der Waals surface area (Å²) in [6.07, 6.45) is 0. The second kappa shape index (κ2) is 8.38. The molecule has 1 fully saturated rings. The van der Waals surface area contributed by atoms with Crippen molar-refractivity contribution in [3.63, 3.8) is 0 Å². The minimum Gasteiger partial charge on any atom is -0.493 e. The summed E-state index contributed by atoms with van der Waals surface area (Å²) in [5, 5.41) is 0. The number of rotatable bonds is 6. The maximum Gasteiger partial charge on any atom is 0.338 e. The van der Waals surface area contributed by atoms with Crippen molar-refractivity contribution in [3.05, 3.63) is 23.8 Å². The molecule has 0 unspecified atom stereocenters. The highest BCUT2D eigenvalue weighted by molar-refractivity contribution is 5.90. The lowest BCUT2D eigenvalue weighted by molar-refractivity contribution is -0.137. The van der Waals surface area contributed by atoms with E-state index in [1.807, 2.05) is 0 Å². The molecule has 0 spiro atoms. The average Bonchev–Trinajstić information content (AvgIpc) is 2.60. The van der Waals surface area contributed by atoms with Gasteiger partial charge in [0, 0.05) is 13.1 Å². The second-order valence-electron chi connectivity index (χ2n) is 4.87. The van der Waals surface area contributed by atoms with Gasteiger partial charge in [0.25, 0.3) is 5.91 Å². The predicted molar refractivity (Wildman–Crippen MR) is 81.8 cm³/mol. The normalized spacial score (nSPS) is 14.3. The van der Waals surface area contributed by atoms with Crippen molar-refractivity contribution in [1.82, 2.24) is 4.90 Å². The van der Waals surface area contributed by atoms with Crippen LogP contribution in [0.4, 0.5) is 0 Å². The van der Waals surface area contributed by atoms with Gasteiger partial charge in [0.1, 0.15) is 0 Å². The van der Waals surface area contributed by atoms with E-state index in [1.165, 1.54) is 13.2 Å². The van der Waals surface area contributed by atoms with Crippen LogP contribution in [0.3, 0.4) is 0 Å². The van der Waals surface area contributed by atoms with Crippen LogP contribution in [0.25, 0.3) is 0 Å². The molecule has 0 saturated carbocycles. The maximum absolute atomic E-state index is 12.1. The van der Waals surface area contributed by atoms with E-state index in [0.717, 1.165) is 0 Å². The third-order valence-electron chi connectivity index (χ3n) is 3.39. The van der Waals surface area contributed by atoms with Gasteiger partial charge in [-0.1, -0.05) is 0 Å². The van der Waals surface area contributed by atoms with Gasteiger partial charge in [-0.3, -0.25) is 4.79 Å². The van der Waals surface area contributed by atoms with Crippen molar-refractivity contribution < 1.29 is 28.5 Å². The topological polar surface area (TPSA) is 74.3 Å². The first-order chi connectivity index (χ1) is 11.2. The molecule has 23 heavy (non-hydrogen) atoms. The summed E-state index contributed by atoms with van der Waals surface area (Å²) in [5.41, 5.74) is 0.371. The summed E-state index contributed by atoms with van der Waals surface area (Å²) in [7, 11) is 1.47. The van der Waals surface area contributed by atoms with E-state index < -0.39 is 5.97 Å². The molecule has 1 aromatic carbocycles. The minimum absolute atomic E-state index is 0.0882. The molecule has 1 saturated heterocycles. The molecule has 1 aliphatic rings. The first-order valence-corrected chi connectivity index (χ1v) is 7.49. The fourth-order valence-corrected chi connectivity index (χ4v) is 2.17. The SMILES string of the molecule is CCOC(=O)c1ccc(OCC(=O)N2CCOCC2)c(OC)c1. The fraction of sp³-hybridized carbons (Fsp3) is 0.500. The molecule has 0 atom stereocenters. The molecule has 1 aromatic rings. The number of ether oxygens (including phenoxy) is 4. The number of carbonyl (C=O) groups is 2. The monoisotopic (exact) mass is 323 g/mol. The largest absolute Gasteiger partial charge is 0.493 e. The van der Waals surface area contributed by atoms with Crippen molar-refractivity contribution in [2.24, 2.45) is 0 Å². The zero-order valence-electron chi connectivity index (χ0n) is 13.4. The first-order valence-electron chi connectivity index (χ1n) is 7.49. The highest BCUT2D eigenvalue weighted by atomic mass is 16.5. The van der Waals surface area contributed by atoms with E-state index in [0.29, 0.717) is 50.0 Å². The summed E-state index contributed by atoms with van der Waals surface area (Å²) in [5.74, 6) is 0.249. The molecular weight excluding hydrogens is 302 g/mol. The van der Waals surface area contributed by atoms with Crippen LogP contribution in [-0.2, 0) is 14.3 Å². The molecule has 1 heterocycles. The van der Waals surface area contributed by atoms with Gasteiger partial charge in [0.15, 0.2) is 18.1 Å². The van der Waals surface area contributed by atoms with E-state index in [1.54, 1.807) is 24.0 Å². The van der Waals surface area contributed by atoms with Gasteiger partial charge < -0.3 is 23.8 Å². The molecule has 126 valence electrons. The van der Waals surface area contributed by atoms with Crippen LogP contribution in [0.1, 0.15) is 17.3 Å². The van der Waals surface area contributed by atoms with E-state index >= 15 is 0 Å². The van der Waals surface area contributed by atoms with E-state index in [4.69, 9.17) is 18.9 Å². The maximum atomic E-state index is 12.1. The van der Waals surface area contributed by atoms with Crippen molar-refractivity contribution in [3.8, 4) is 11.5 Å². The van der Waals surface area contributed by atoms with Crippen LogP contribution < -0.4 is 9.47 Å². The molecule has 0 aliphatic carbocycles. The Morgan fingerprint density at radius 1 is 1.22 bits per heavy atom. The Bertz CT molecular complexity index is 554. The Labute approximate surface area is 135 Å². The van der Waals surface area contributed by atoms with Gasteiger partial charge in [0.05, 0.1) is 32.5 Å². The standard InChI is InChI=1S/C16H21NO6/c1-3-22-16(19)12-4-5-13(14(10-12)20-2)23-11-15(18)17-6-8-21-9-7-17/h4-5,10H,3,6-9,11H2,1-2H3. The molecule has 0 N–H and O–H groups in total. The Morgan fingerprint density at radius 2 is 1.96 bits per heavy atom. The van der Waals surface area contributed by atoms with Crippen LogP contribution in [0.5, 0.6) is 11.5 Å². The van der Waals surface area contributed by atoms with Gasteiger partial charge >= 0.3 is 5.97 Å². The smallest absolute Gasteiger partial charge is 0.338 e. The van der Waals surface area contributed by atoms with Crippen LogP contribution in [0.15, 0.2) is 18.2 Å². The second-order valence-corrected chi connectivity index (χ2v) is 4.87.